The van der Waals surface area contributed by atoms with Crippen LogP contribution in [-0.2, 0) is 7.05 Å². The quantitative estimate of drug-likeness (QED) is 0.550. The summed E-state index contributed by atoms with van der Waals surface area (Å²) in [5.41, 5.74) is 3.54. The lowest BCUT2D eigenvalue weighted by Gasteiger charge is -2.13. The van der Waals surface area contributed by atoms with Crippen LogP contribution in [-0.4, -0.2) is 48.3 Å². The third-order valence-corrected chi connectivity index (χ3v) is 4.73. The minimum atomic E-state index is 0.165. The maximum absolute atomic E-state index is 5.94. The second kappa shape index (κ2) is 6.93. The Morgan fingerprint density at radius 1 is 1.21 bits per heavy atom. The van der Waals surface area contributed by atoms with E-state index in [4.69, 9.17) is 4.74 Å². The fourth-order valence-corrected chi connectivity index (χ4v) is 3.36. The molecule has 5 rings (SSSR count). The molecule has 0 bridgehead atoms. The van der Waals surface area contributed by atoms with Crippen LogP contribution >= 0.6 is 0 Å². The first kappa shape index (κ1) is 16.7. The number of aromatic nitrogens is 6. The number of rotatable bonds is 5. The van der Waals surface area contributed by atoms with Crippen LogP contribution in [0, 0.1) is 0 Å². The van der Waals surface area contributed by atoms with Gasteiger partial charge in [-0.1, -0.05) is 0 Å². The monoisotopic (exact) mass is 376 g/mol. The molecule has 4 aromatic rings. The maximum Gasteiger partial charge on any atom is 0.215 e. The number of nitrogens with zero attached hydrogens (tertiary/aromatic N) is 6. The summed E-state index contributed by atoms with van der Waals surface area (Å²) in [5.74, 6) is 1.27. The summed E-state index contributed by atoms with van der Waals surface area (Å²) in [5, 5.41) is 10.9. The van der Waals surface area contributed by atoms with E-state index in [-0.39, 0.29) is 6.10 Å². The highest BCUT2D eigenvalue weighted by molar-refractivity contribution is 5.74. The van der Waals surface area contributed by atoms with Crippen LogP contribution in [0.25, 0.3) is 16.9 Å². The van der Waals surface area contributed by atoms with E-state index < -0.39 is 0 Å². The van der Waals surface area contributed by atoms with E-state index in [9.17, 15) is 0 Å². The van der Waals surface area contributed by atoms with Gasteiger partial charge in [-0.3, -0.25) is 9.08 Å². The summed E-state index contributed by atoms with van der Waals surface area (Å²) in [6.07, 6.45) is 12.1. The lowest BCUT2D eigenvalue weighted by atomic mass is 10.3. The molecule has 1 aliphatic rings. The molecule has 0 spiro atoms. The summed E-state index contributed by atoms with van der Waals surface area (Å²) in [6.45, 7) is 1.83. The number of hydrogen-bond acceptors (Lipinski definition) is 7. The number of hydrogen-bond donors (Lipinski definition) is 2. The van der Waals surface area contributed by atoms with Crippen LogP contribution in [0.4, 0.5) is 11.5 Å². The molecule has 4 aromatic heterocycles. The molecule has 0 radical (unpaired) electrons. The molecule has 1 atom stereocenters. The SMILES string of the molecule is Cn1cc(-c2cnc3c(Nc4ccnc(O[C@@H]5CCNC5)c4)nccn23)cn1. The third-order valence-electron chi connectivity index (χ3n) is 4.73. The van der Waals surface area contributed by atoms with Crippen molar-refractivity contribution in [2.75, 3.05) is 18.4 Å². The largest absolute Gasteiger partial charge is 0.473 e. The number of pyridine rings is 1. The molecule has 0 aliphatic carbocycles. The van der Waals surface area contributed by atoms with Crippen molar-refractivity contribution >= 4 is 17.2 Å². The number of fused-ring (bicyclic) bond motifs is 1. The fourth-order valence-electron chi connectivity index (χ4n) is 3.36. The van der Waals surface area contributed by atoms with Crippen LogP contribution < -0.4 is 15.4 Å². The van der Waals surface area contributed by atoms with Crippen molar-refractivity contribution in [3.63, 3.8) is 0 Å². The van der Waals surface area contributed by atoms with E-state index in [2.05, 4.69) is 30.7 Å². The first-order chi connectivity index (χ1) is 13.8. The van der Waals surface area contributed by atoms with Crippen molar-refractivity contribution < 1.29 is 4.74 Å². The molecule has 9 nitrogen and oxygen atoms in total. The molecular formula is C19H20N8O. The van der Waals surface area contributed by atoms with Crippen LogP contribution in [0.15, 0.2) is 49.3 Å². The van der Waals surface area contributed by atoms with Crippen LogP contribution in [0.2, 0.25) is 0 Å². The van der Waals surface area contributed by atoms with Gasteiger partial charge in [0, 0.05) is 55.7 Å². The molecule has 0 saturated carbocycles. The molecule has 1 fully saturated rings. The highest BCUT2D eigenvalue weighted by atomic mass is 16.5. The minimum Gasteiger partial charge on any atom is -0.473 e. The van der Waals surface area contributed by atoms with Crippen molar-refractivity contribution in [1.29, 1.82) is 0 Å². The van der Waals surface area contributed by atoms with E-state index in [1.165, 1.54) is 0 Å². The maximum atomic E-state index is 5.94. The van der Waals surface area contributed by atoms with Gasteiger partial charge in [-0.2, -0.15) is 5.10 Å². The van der Waals surface area contributed by atoms with Gasteiger partial charge in [-0.05, 0) is 19.0 Å². The Morgan fingerprint density at radius 3 is 3.00 bits per heavy atom. The molecule has 9 heteroatoms. The average molecular weight is 376 g/mol. The van der Waals surface area contributed by atoms with Gasteiger partial charge in [0.25, 0.3) is 0 Å². The summed E-state index contributed by atoms with van der Waals surface area (Å²) >= 11 is 0. The second-order valence-electron chi connectivity index (χ2n) is 6.76. The van der Waals surface area contributed by atoms with Gasteiger partial charge in [0.2, 0.25) is 5.88 Å². The van der Waals surface area contributed by atoms with E-state index in [0.717, 1.165) is 42.1 Å². The van der Waals surface area contributed by atoms with Gasteiger partial charge in [0.15, 0.2) is 11.5 Å². The number of aryl methyl sites for hydroxylation is 1. The van der Waals surface area contributed by atoms with Gasteiger partial charge in [0.05, 0.1) is 18.1 Å². The Morgan fingerprint density at radius 2 is 2.18 bits per heavy atom. The molecule has 28 heavy (non-hydrogen) atoms. The Hall–Kier alpha value is -3.46. The summed E-state index contributed by atoms with van der Waals surface area (Å²) in [6, 6.07) is 3.77. The van der Waals surface area contributed by atoms with Gasteiger partial charge < -0.3 is 15.4 Å². The number of imidazole rings is 1. The molecule has 142 valence electrons. The van der Waals surface area contributed by atoms with Crippen LogP contribution in [0.5, 0.6) is 5.88 Å². The highest BCUT2D eigenvalue weighted by Crippen LogP contribution is 2.26. The number of ether oxygens (including phenoxy) is 1. The van der Waals surface area contributed by atoms with E-state index in [0.29, 0.717) is 11.7 Å². The van der Waals surface area contributed by atoms with Gasteiger partial charge in [0.1, 0.15) is 6.10 Å². The predicted octanol–water partition coefficient (Wildman–Crippen LogP) is 2.01. The first-order valence-corrected chi connectivity index (χ1v) is 9.18. The molecule has 0 unspecified atom stereocenters. The Balaban J connectivity index is 1.43. The van der Waals surface area contributed by atoms with Crippen LogP contribution in [0.3, 0.4) is 0 Å². The fraction of sp³-hybridized carbons (Fsp3) is 0.263. The number of anilines is 2. The standard InChI is InChI=1S/C19H20N8O/c1-26-12-13(9-24-26)16-11-23-19-18(22-6-7-27(16)19)25-14-2-5-21-17(8-14)28-15-3-4-20-10-15/h2,5-9,11-12,15,20H,3-4,10H2,1H3,(H,21,22,25)/t15-/m1/s1. The van der Waals surface area contributed by atoms with E-state index in [1.807, 2.05) is 48.4 Å². The molecule has 0 amide bonds. The molecule has 5 heterocycles. The normalized spacial score (nSPS) is 16.5. The molecular weight excluding hydrogens is 356 g/mol. The zero-order chi connectivity index (χ0) is 18.9. The molecule has 2 N–H and O–H groups in total. The zero-order valence-corrected chi connectivity index (χ0v) is 15.4. The lowest BCUT2D eigenvalue weighted by Crippen LogP contribution is -2.20. The van der Waals surface area contributed by atoms with Gasteiger partial charge in [-0.15, -0.1) is 0 Å². The molecule has 0 aromatic carbocycles. The topological polar surface area (TPSA) is 94.2 Å². The van der Waals surface area contributed by atoms with Crippen molar-refractivity contribution in [3.05, 3.63) is 49.3 Å². The smallest absolute Gasteiger partial charge is 0.215 e. The van der Waals surface area contributed by atoms with Crippen molar-refractivity contribution in [3.8, 4) is 17.1 Å². The van der Waals surface area contributed by atoms with E-state index >= 15 is 0 Å². The van der Waals surface area contributed by atoms with Gasteiger partial charge in [-0.25, -0.2) is 15.0 Å². The van der Waals surface area contributed by atoms with Crippen LogP contribution in [0.1, 0.15) is 6.42 Å². The number of nitrogens with one attached hydrogen (secondary N) is 2. The predicted molar refractivity (Wildman–Crippen MR) is 105 cm³/mol. The Labute approximate surface area is 161 Å². The highest BCUT2D eigenvalue weighted by Gasteiger charge is 2.17. The molecule has 1 saturated heterocycles. The summed E-state index contributed by atoms with van der Waals surface area (Å²) < 4.78 is 9.71. The Bertz CT molecular complexity index is 1110. The summed E-state index contributed by atoms with van der Waals surface area (Å²) in [7, 11) is 1.89. The second-order valence-corrected chi connectivity index (χ2v) is 6.76. The minimum absolute atomic E-state index is 0.165. The third kappa shape index (κ3) is 3.16. The first-order valence-electron chi connectivity index (χ1n) is 9.18. The summed E-state index contributed by atoms with van der Waals surface area (Å²) in [4.78, 5) is 13.3. The zero-order valence-electron chi connectivity index (χ0n) is 15.4. The van der Waals surface area contributed by atoms with Gasteiger partial charge >= 0.3 is 0 Å². The van der Waals surface area contributed by atoms with Crippen molar-refractivity contribution in [1.82, 2.24) is 34.4 Å². The molecule has 1 aliphatic heterocycles. The Kier molecular flexibility index (Phi) is 4.13. The van der Waals surface area contributed by atoms with Crippen molar-refractivity contribution in [2.24, 2.45) is 7.05 Å². The lowest BCUT2D eigenvalue weighted by molar-refractivity contribution is 0.214. The van der Waals surface area contributed by atoms with Crippen molar-refractivity contribution in [2.45, 2.75) is 12.5 Å². The average Bonchev–Trinajstić information content (AvgIpc) is 3.43. The van der Waals surface area contributed by atoms with E-state index in [1.54, 1.807) is 17.1 Å².